The highest BCUT2D eigenvalue weighted by molar-refractivity contribution is 5.81. The van der Waals surface area contributed by atoms with E-state index in [1.807, 2.05) is 4.90 Å². The molecule has 0 aromatic heterocycles. The number of carboxylic acid groups (broad SMARTS) is 1. The Hall–Kier alpha value is -1.06. The number of carbonyl (C=O) groups is 2. The van der Waals surface area contributed by atoms with Crippen LogP contribution in [-0.4, -0.2) is 35.0 Å². The third-order valence-corrected chi connectivity index (χ3v) is 5.56. The average Bonchev–Trinajstić information content (AvgIpc) is 2.82. The van der Waals surface area contributed by atoms with Gasteiger partial charge in [0, 0.05) is 19.0 Å². The summed E-state index contributed by atoms with van der Waals surface area (Å²) in [5.41, 5.74) is 0.427. The smallest absolute Gasteiger partial charge is 0.306 e. The van der Waals surface area contributed by atoms with E-state index in [0.717, 1.165) is 19.5 Å². The topological polar surface area (TPSA) is 57.6 Å². The molecule has 1 N–H and O–H groups in total. The van der Waals surface area contributed by atoms with Crippen molar-refractivity contribution in [2.45, 2.75) is 33.1 Å². The Morgan fingerprint density at radius 1 is 1.11 bits per heavy atom. The van der Waals surface area contributed by atoms with Gasteiger partial charge in [-0.1, -0.05) is 13.8 Å². The van der Waals surface area contributed by atoms with Crippen LogP contribution in [0.15, 0.2) is 0 Å². The fourth-order valence-electron chi connectivity index (χ4n) is 4.00. The molecule has 2 aliphatic carbocycles. The van der Waals surface area contributed by atoms with Crippen LogP contribution < -0.4 is 0 Å². The van der Waals surface area contributed by atoms with Crippen molar-refractivity contribution in [1.29, 1.82) is 0 Å². The van der Waals surface area contributed by atoms with Crippen LogP contribution >= 0.6 is 0 Å². The van der Waals surface area contributed by atoms with Crippen molar-refractivity contribution >= 4 is 11.9 Å². The van der Waals surface area contributed by atoms with Crippen LogP contribution in [0, 0.1) is 29.1 Å². The van der Waals surface area contributed by atoms with Crippen molar-refractivity contribution in [3.63, 3.8) is 0 Å². The molecule has 0 aromatic rings. The number of carboxylic acids is 1. The van der Waals surface area contributed by atoms with Gasteiger partial charge in [0.2, 0.25) is 5.91 Å². The first kappa shape index (κ1) is 12.0. The number of likely N-dealkylation sites (tertiary alicyclic amines) is 1. The predicted molar refractivity (Wildman–Crippen MR) is 65.8 cm³/mol. The molecule has 3 aliphatic rings. The number of rotatable bonds is 2. The van der Waals surface area contributed by atoms with Crippen LogP contribution in [0.1, 0.15) is 33.1 Å². The lowest BCUT2D eigenvalue weighted by atomic mass is 10.0. The van der Waals surface area contributed by atoms with Crippen molar-refractivity contribution in [2.24, 2.45) is 29.1 Å². The summed E-state index contributed by atoms with van der Waals surface area (Å²) >= 11 is 0. The van der Waals surface area contributed by atoms with Gasteiger partial charge in [-0.25, -0.2) is 0 Å². The molecule has 18 heavy (non-hydrogen) atoms. The van der Waals surface area contributed by atoms with E-state index in [1.165, 1.54) is 0 Å². The average molecular weight is 251 g/mol. The number of hydrogen-bond acceptors (Lipinski definition) is 2. The van der Waals surface area contributed by atoms with Crippen LogP contribution in [-0.2, 0) is 9.59 Å². The third-order valence-electron chi connectivity index (χ3n) is 5.56. The Balaban J connectivity index is 1.56. The molecule has 1 saturated heterocycles. The highest BCUT2D eigenvalue weighted by Gasteiger charge is 2.62. The van der Waals surface area contributed by atoms with Gasteiger partial charge in [-0.2, -0.15) is 0 Å². The van der Waals surface area contributed by atoms with Gasteiger partial charge in [0.05, 0.1) is 5.92 Å². The highest BCUT2D eigenvalue weighted by atomic mass is 16.4. The lowest BCUT2D eigenvalue weighted by molar-refractivity contribution is -0.141. The quantitative estimate of drug-likeness (QED) is 0.811. The predicted octanol–water partition coefficient (Wildman–Crippen LogP) is 1.60. The van der Waals surface area contributed by atoms with E-state index in [0.29, 0.717) is 30.1 Å². The van der Waals surface area contributed by atoms with Gasteiger partial charge in [0.15, 0.2) is 0 Å². The van der Waals surface area contributed by atoms with Gasteiger partial charge in [-0.05, 0) is 36.5 Å². The first-order valence-electron chi connectivity index (χ1n) is 6.93. The lowest BCUT2D eigenvalue weighted by Crippen LogP contribution is -2.36. The molecule has 1 heterocycles. The molecule has 1 amide bonds. The van der Waals surface area contributed by atoms with Gasteiger partial charge >= 0.3 is 5.97 Å². The van der Waals surface area contributed by atoms with Gasteiger partial charge in [-0.15, -0.1) is 0 Å². The fraction of sp³-hybridized carbons (Fsp3) is 0.857. The van der Waals surface area contributed by atoms with Crippen LogP contribution in [0.5, 0.6) is 0 Å². The second-order valence-electron chi connectivity index (χ2n) is 6.82. The van der Waals surface area contributed by atoms with E-state index in [4.69, 9.17) is 5.11 Å². The maximum atomic E-state index is 12.3. The fourth-order valence-corrected chi connectivity index (χ4v) is 4.00. The number of hydrogen-bond donors (Lipinski definition) is 1. The normalized spacial score (nSPS) is 40.7. The van der Waals surface area contributed by atoms with Crippen molar-refractivity contribution in [3.05, 3.63) is 0 Å². The summed E-state index contributed by atoms with van der Waals surface area (Å²) in [6.45, 7) is 6.34. The minimum atomic E-state index is -0.740. The standard InChI is InChI=1S/C14H21NO3/c1-14(2)10-6-15(7-11(10)14)12(16)8-3-4-9(5-8)13(17)18/h8-11H,3-7H2,1-2H3,(H,17,18)/t8-,9+,10?,11?/m1/s1. The molecule has 3 rings (SSSR count). The van der Waals surface area contributed by atoms with Crippen LogP contribution in [0.2, 0.25) is 0 Å². The number of fused-ring (bicyclic) bond motifs is 1. The lowest BCUT2D eigenvalue weighted by Gasteiger charge is -2.25. The minimum absolute atomic E-state index is 0.0355. The van der Waals surface area contributed by atoms with E-state index in [9.17, 15) is 9.59 Å². The zero-order chi connectivity index (χ0) is 13.1. The largest absolute Gasteiger partial charge is 0.481 e. The molecule has 4 heteroatoms. The molecule has 100 valence electrons. The highest BCUT2D eigenvalue weighted by Crippen LogP contribution is 2.62. The molecular weight excluding hydrogens is 230 g/mol. The summed E-state index contributed by atoms with van der Waals surface area (Å²) < 4.78 is 0. The van der Waals surface area contributed by atoms with Crippen molar-refractivity contribution in [2.75, 3.05) is 13.1 Å². The molecule has 0 spiro atoms. The number of carbonyl (C=O) groups excluding carboxylic acids is 1. The van der Waals surface area contributed by atoms with Crippen LogP contribution in [0.25, 0.3) is 0 Å². The summed E-state index contributed by atoms with van der Waals surface area (Å²) in [5.74, 6) is 0.493. The number of amides is 1. The Kier molecular flexibility index (Phi) is 2.48. The van der Waals surface area contributed by atoms with Gasteiger partial charge in [0.25, 0.3) is 0 Å². The molecule has 0 aromatic carbocycles. The summed E-state index contributed by atoms with van der Waals surface area (Å²) in [7, 11) is 0. The first-order valence-corrected chi connectivity index (χ1v) is 6.93. The van der Waals surface area contributed by atoms with E-state index >= 15 is 0 Å². The minimum Gasteiger partial charge on any atom is -0.481 e. The molecule has 0 bridgehead atoms. The molecule has 4 nitrogen and oxygen atoms in total. The summed E-state index contributed by atoms with van der Waals surface area (Å²) in [6, 6.07) is 0. The Bertz CT molecular complexity index is 390. The van der Waals surface area contributed by atoms with E-state index in [1.54, 1.807) is 0 Å². The first-order chi connectivity index (χ1) is 8.41. The van der Waals surface area contributed by atoms with Gasteiger partial charge in [0.1, 0.15) is 0 Å². The maximum absolute atomic E-state index is 12.3. The van der Waals surface area contributed by atoms with Crippen molar-refractivity contribution in [1.82, 2.24) is 4.90 Å². The van der Waals surface area contributed by atoms with Crippen LogP contribution in [0.3, 0.4) is 0 Å². The summed E-state index contributed by atoms with van der Waals surface area (Å²) in [5, 5.41) is 8.97. The van der Waals surface area contributed by atoms with Crippen LogP contribution in [0.4, 0.5) is 0 Å². The molecular formula is C14H21NO3. The second kappa shape index (κ2) is 3.72. The molecule has 0 radical (unpaired) electrons. The Morgan fingerprint density at radius 2 is 1.67 bits per heavy atom. The van der Waals surface area contributed by atoms with Crippen molar-refractivity contribution < 1.29 is 14.7 Å². The molecule has 2 saturated carbocycles. The zero-order valence-electron chi connectivity index (χ0n) is 11.1. The molecule has 4 atom stereocenters. The third kappa shape index (κ3) is 1.65. The second-order valence-corrected chi connectivity index (χ2v) is 6.82. The molecule has 2 unspecified atom stereocenters. The maximum Gasteiger partial charge on any atom is 0.306 e. The van der Waals surface area contributed by atoms with E-state index in [-0.39, 0.29) is 17.7 Å². The Labute approximate surface area is 107 Å². The number of aliphatic carboxylic acids is 1. The van der Waals surface area contributed by atoms with E-state index < -0.39 is 5.97 Å². The molecule has 3 fully saturated rings. The number of nitrogens with zero attached hydrogens (tertiary/aromatic N) is 1. The van der Waals surface area contributed by atoms with Gasteiger partial charge < -0.3 is 10.0 Å². The summed E-state index contributed by atoms with van der Waals surface area (Å²) in [4.78, 5) is 25.2. The van der Waals surface area contributed by atoms with E-state index in [2.05, 4.69) is 13.8 Å². The molecule has 1 aliphatic heterocycles. The zero-order valence-corrected chi connectivity index (χ0v) is 11.1. The monoisotopic (exact) mass is 251 g/mol. The summed E-state index contributed by atoms with van der Waals surface area (Å²) in [6.07, 6.45) is 1.96. The SMILES string of the molecule is CC1(C)C2CN(C(=O)[C@@H]3CC[C@H](C(=O)O)C3)CC21. The van der Waals surface area contributed by atoms with Gasteiger partial charge in [-0.3, -0.25) is 9.59 Å². The Morgan fingerprint density at radius 3 is 2.17 bits per heavy atom. The van der Waals surface area contributed by atoms with Crippen molar-refractivity contribution in [3.8, 4) is 0 Å². The number of piperidine rings is 1.